The van der Waals surface area contributed by atoms with Crippen LogP contribution >= 0.6 is 0 Å². The minimum atomic E-state index is 0.481. The molecule has 1 rings (SSSR count). The summed E-state index contributed by atoms with van der Waals surface area (Å²) in [6.07, 6.45) is 8.15. The topological polar surface area (TPSA) is 21.3 Å². The Balaban J connectivity index is 2.10. The van der Waals surface area contributed by atoms with Gasteiger partial charge in [-0.05, 0) is 63.5 Å². The van der Waals surface area contributed by atoms with Gasteiger partial charge in [0.05, 0.1) is 6.10 Å². The van der Waals surface area contributed by atoms with Crippen LogP contribution in [0.1, 0.15) is 59.3 Å². The summed E-state index contributed by atoms with van der Waals surface area (Å²) in [7, 11) is 2.02. The lowest BCUT2D eigenvalue weighted by atomic mass is 9.71. The van der Waals surface area contributed by atoms with Gasteiger partial charge >= 0.3 is 0 Å². The second kappa shape index (κ2) is 7.38. The summed E-state index contributed by atoms with van der Waals surface area (Å²) < 4.78 is 6.05. The molecule has 0 radical (unpaired) electrons. The molecule has 0 aromatic rings. The van der Waals surface area contributed by atoms with E-state index in [1.54, 1.807) is 0 Å². The zero-order chi connectivity index (χ0) is 12.7. The summed E-state index contributed by atoms with van der Waals surface area (Å²) in [4.78, 5) is 0. The SMILES string of the molecule is CNCCCCCOC1CC(C)CC(C)(C)C1. The second-order valence-electron chi connectivity index (χ2n) is 6.57. The van der Waals surface area contributed by atoms with Crippen molar-refractivity contribution >= 4 is 0 Å². The maximum absolute atomic E-state index is 6.05. The van der Waals surface area contributed by atoms with Crippen LogP contribution in [0.3, 0.4) is 0 Å². The number of nitrogens with one attached hydrogen (secondary N) is 1. The molecule has 1 N–H and O–H groups in total. The maximum atomic E-state index is 6.05. The van der Waals surface area contributed by atoms with E-state index in [0.29, 0.717) is 11.5 Å². The number of hydrogen-bond donors (Lipinski definition) is 1. The van der Waals surface area contributed by atoms with Crippen LogP contribution in [0.4, 0.5) is 0 Å². The minimum absolute atomic E-state index is 0.481. The van der Waals surface area contributed by atoms with Crippen molar-refractivity contribution in [2.75, 3.05) is 20.2 Å². The van der Waals surface area contributed by atoms with Gasteiger partial charge in [-0.15, -0.1) is 0 Å². The molecular formula is C15H31NO. The highest BCUT2D eigenvalue weighted by Crippen LogP contribution is 2.39. The van der Waals surface area contributed by atoms with Crippen molar-refractivity contribution in [2.45, 2.75) is 65.4 Å². The lowest BCUT2D eigenvalue weighted by molar-refractivity contribution is -0.0240. The molecule has 0 bridgehead atoms. The molecule has 102 valence electrons. The van der Waals surface area contributed by atoms with Crippen LogP contribution in [0.25, 0.3) is 0 Å². The summed E-state index contributed by atoms with van der Waals surface area (Å²) in [6, 6.07) is 0. The molecule has 17 heavy (non-hydrogen) atoms. The Morgan fingerprint density at radius 2 is 1.94 bits per heavy atom. The Morgan fingerprint density at radius 1 is 1.18 bits per heavy atom. The molecule has 0 aromatic heterocycles. The molecule has 0 spiro atoms. The fourth-order valence-electron chi connectivity index (χ4n) is 3.22. The van der Waals surface area contributed by atoms with Crippen molar-refractivity contribution in [1.29, 1.82) is 0 Å². The Kier molecular flexibility index (Phi) is 6.50. The van der Waals surface area contributed by atoms with E-state index in [0.717, 1.165) is 19.1 Å². The normalized spacial score (nSPS) is 28.2. The molecule has 0 aromatic carbocycles. The highest BCUT2D eigenvalue weighted by Gasteiger charge is 2.32. The Bertz CT molecular complexity index is 203. The first kappa shape index (κ1) is 15.0. The van der Waals surface area contributed by atoms with E-state index >= 15 is 0 Å². The summed E-state index contributed by atoms with van der Waals surface area (Å²) in [5, 5.41) is 3.18. The second-order valence-corrected chi connectivity index (χ2v) is 6.57. The van der Waals surface area contributed by atoms with Crippen molar-refractivity contribution in [3.8, 4) is 0 Å². The van der Waals surface area contributed by atoms with Crippen LogP contribution in [0.15, 0.2) is 0 Å². The third kappa shape index (κ3) is 6.42. The zero-order valence-electron chi connectivity index (χ0n) is 12.2. The number of unbranched alkanes of at least 4 members (excludes halogenated alkanes) is 2. The average molecular weight is 241 g/mol. The van der Waals surface area contributed by atoms with E-state index in [4.69, 9.17) is 4.74 Å². The van der Waals surface area contributed by atoms with Gasteiger partial charge in [0, 0.05) is 6.61 Å². The lowest BCUT2D eigenvalue weighted by Crippen LogP contribution is -2.32. The monoisotopic (exact) mass is 241 g/mol. The summed E-state index contributed by atoms with van der Waals surface area (Å²) >= 11 is 0. The van der Waals surface area contributed by atoms with Gasteiger partial charge in [-0.3, -0.25) is 0 Å². The van der Waals surface area contributed by atoms with Gasteiger partial charge in [0.25, 0.3) is 0 Å². The first-order valence-corrected chi connectivity index (χ1v) is 7.30. The third-order valence-corrected chi connectivity index (χ3v) is 3.77. The van der Waals surface area contributed by atoms with Crippen LogP contribution in [0.5, 0.6) is 0 Å². The lowest BCUT2D eigenvalue weighted by Gasteiger charge is -2.38. The van der Waals surface area contributed by atoms with E-state index < -0.39 is 0 Å². The first-order valence-electron chi connectivity index (χ1n) is 7.30. The van der Waals surface area contributed by atoms with Crippen LogP contribution in [0.2, 0.25) is 0 Å². The molecule has 2 nitrogen and oxygen atoms in total. The van der Waals surface area contributed by atoms with Crippen molar-refractivity contribution in [3.05, 3.63) is 0 Å². The molecule has 1 aliphatic rings. The quantitative estimate of drug-likeness (QED) is 0.688. The molecule has 2 heteroatoms. The zero-order valence-corrected chi connectivity index (χ0v) is 12.2. The van der Waals surface area contributed by atoms with Gasteiger partial charge in [0.15, 0.2) is 0 Å². The van der Waals surface area contributed by atoms with Crippen molar-refractivity contribution in [2.24, 2.45) is 11.3 Å². The highest BCUT2D eigenvalue weighted by atomic mass is 16.5. The van der Waals surface area contributed by atoms with Gasteiger partial charge in [-0.2, -0.15) is 0 Å². The number of ether oxygens (including phenoxy) is 1. The summed E-state index contributed by atoms with van der Waals surface area (Å²) in [5.74, 6) is 0.827. The first-order chi connectivity index (χ1) is 8.03. The smallest absolute Gasteiger partial charge is 0.0582 e. The molecular weight excluding hydrogens is 210 g/mol. The number of rotatable bonds is 7. The van der Waals surface area contributed by atoms with Crippen molar-refractivity contribution < 1.29 is 4.74 Å². The van der Waals surface area contributed by atoms with Gasteiger partial charge < -0.3 is 10.1 Å². The van der Waals surface area contributed by atoms with Crippen LogP contribution in [-0.4, -0.2) is 26.3 Å². The van der Waals surface area contributed by atoms with E-state index in [1.165, 1.54) is 38.5 Å². The number of hydrogen-bond acceptors (Lipinski definition) is 2. The standard InChI is InChI=1S/C15H31NO/c1-13-10-14(12-15(2,3)11-13)17-9-7-5-6-8-16-4/h13-14,16H,5-12H2,1-4H3. The van der Waals surface area contributed by atoms with Gasteiger partial charge in [-0.25, -0.2) is 0 Å². The van der Waals surface area contributed by atoms with Gasteiger partial charge in [0.1, 0.15) is 0 Å². The van der Waals surface area contributed by atoms with Crippen molar-refractivity contribution in [3.63, 3.8) is 0 Å². The van der Waals surface area contributed by atoms with Crippen LogP contribution in [-0.2, 0) is 4.74 Å². The molecule has 1 fully saturated rings. The largest absolute Gasteiger partial charge is 0.378 e. The predicted molar refractivity (Wildman–Crippen MR) is 74.3 cm³/mol. The van der Waals surface area contributed by atoms with E-state index in [2.05, 4.69) is 26.1 Å². The summed E-state index contributed by atoms with van der Waals surface area (Å²) in [5.41, 5.74) is 0.481. The minimum Gasteiger partial charge on any atom is -0.378 e. The molecule has 2 unspecified atom stereocenters. The highest BCUT2D eigenvalue weighted by molar-refractivity contribution is 4.83. The third-order valence-electron chi connectivity index (χ3n) is 3.77. The summed E-state index contributed by atoms with van der Waals surface area (Å²) in [6.45, 7) is 9.22. The van der Waals surface area contributed by atoms with Crippen LogP contribution < -0.4 is 5.32 Å². The predicted octanol–water partition coefficient (Wildman–Crippen LogP) is 3.61. The van der Waals surface area contributed by atoms with E-state index in [9.17, 15) is 0 Å². The fourth-order valence-corrected chi connectivity index (χ4v) is 3.22. The van der Waals surface area contributed by atoms with Crippen LogP contribution in [0, 0.1) is 11.3 Å². The Hall–Kier alpha value is -0.0800. The average Bonchev–Trinajstić information content (AvgIpc) is 2.20. The molecule has 2 atom stereocenters. The molecule has 1 aliphatic carbocycles. The molecule has 0 amide bonds. The molecule has 1 saturated carbocycles. The Labute approximate surface area is 108 Å². The van der Waals surface area contributed by atoms with Gasteiger partial charge in [-0.1, -0.05) is 20.8 Å². The fraction of sp³-hybridized carbons (Fsp3) is 1.00. The maximum Gasteiger partial charge on any atom is 0.0582 e. The Morgan fingerprint density at radius 3 is 2.59 bits per heavy atom. The molecule has 0 aliphatic heterocycles. The van der Waals surface area contributed by atoms with E-state index in [1.807, 2.05) is 7.05 Å². The van der Waals surface area contributed by atoms with Crippen molar-refractivity contribution in [1.82, 2.24) is 5.32 Å². The van der Waals surface area contributed by atoms with Gasteiger partial charge in [0.2, 0.25) is 0 Å². The molecule has 0 saturated heterocycles. The van der Waals surface area contributed by atoms with E-state index in [-0.39, 0.29) is 0 Å². The molecule has 0 heterocycles.